The smallest absolute Gasteiger partial charge is 0.387 e. The molecule has 0 heterocycles. The number of methoxy groups -OCH3 is 1. The number of carbonyl (C=O) groups is 1. The topological polar surface area (TPSA) is 44.8 Å². The predicted molar refractivity (Wildman–Crippen MR) is 86.1 cm³/mol. The number of hydrogen-bond acceptors (Lipinski definition) is 4. The second kappa shape index (κ2) is 8.89. The molecule has 2 rings (SSSR count). The number of allylic oxidation sites excluding steroid dienone is 1. The third kappa shape index (κ3) is 5.51. The fourth-order valence-electron chi connectivity index (χ4n) is 2.05. The molecule has 0 aliphatic rings. The Morgan fingerprint density at radius 3 is 2.15 bits per heavy atom. The maximum Gasteiger partial charge on any atom is 0.387 e. The van der Waals surface area contributed by atoms with Crippen LogP contribution < -0.4 is 14.2 Å². The van der Waals surface area contributed by atoms with E-state index in [9.17, 15) is 22.4 Å². The summed E-state index contributed by atoms with van der Waals surface area (Å²) in [5.74, 6) is -0.464. The summed E-state index contributed by atoms with van der Waals surface area (Å²) in [4.78, 5) is 12.1. The van der Waals surface area contributed by atoms with Crippen LogP contribution >= 0.6 is 0 Å². The maximum atomic E-state index is 12.3. The third-order valence-corrected chi connectivity index (χ3v) is 3.19. The van der Waals surface area contributed by atoms with E-state index in [0.29, 0.717) is 5.56 Å². The van der Waals surface area contributed by atoms with Gasteiger partial charge >= 0.3 is 13.2 Å². The van der Waals surface area contributed by atoms with Gasteiger partial charge in [0.1, 0.15) is 5.75 Å². The molecule has 0 fully saturated rings. The van der Waals surface area contributed by atoms with Crippen LogP contribution in [-0.2, 0) is 0 Å². The van der Waals surface area contributed by atoms with Gasteiger partial charge in [-0.1, -0.05) is 12.1 Å². The number of halogens is 4. The van der Waals surface area contributed by atoms with Crippen molar-refractivity contribution in [2.45, 2.75) is 13.2 Å². The summed E-state index contributed by atoms with van der Waals surface area (Å²) in [6, 6.07) is 9.42. The summed E-state index contributed by atoms with van der Waals surface area (Å²) >= 11 is 0. The van der Waals surface area contributed by atoms with Gasteiger partial charge in [-0.3, -0.25) is 4.79 Å². The Morgan fingerprint density at radius 2 is 1.58 bits per heavy atom. The van der Waals surface area contributed by atoms with E-state index in [1.165, 1.54) is 61.7 Å². The van der Waals surface area contributed by atoms with Crippen molar-refractivity contribution in [3.8, 4) is 17.2 Å². The van der Waals surface area contributed by atoms with Gasteiger partial charge in [-0.05, 0) is 48.0 Å². The lowest BCUT2D eigenvalue weighted by atomic mass is 10.1. The summed E-state index contributed by atoms with van der Waals surface area (Å²) in [6.45, 7) is -5.92. The van der Waals surface area contributed by atoms with Crippen molar-refractivity contribution in [1.29, 1.82) is 0 Å². The second-order valence-electron chi connectivity index (χ2n) is 4.89. The van der Waals surface area contributed by atoms with E-state index in [2.05, 4.69) is 9.47 Å². The molecular formula is C18H14F4O4. The minimum Gasteiger partial charge on any atom is -0.493 e. The first-order valence-corrected chi connectivity index (χ1v) is 7.29. The molecule has 138 valence electrons. The van der Waals surface area contributed by atoms with Crippen LogP contribution in [0.2, 0.25) is 0 Å². The van der Waals surface area contributed by atoms with Crippen LogP contribution in [-0.4, -0.2) is 26.1 Å². The van der Waals surface area contributed by atoms with E-state index in [1.807, 2.05) is 0 Å². The first-order valence-electron chi connectivity index (χ1n) is 7.29. The average Bonchev–Trinajstić information content (AvgIpc) is 2.60. The molecule has 0 bridgehead atoms. The van der Waals surface area contributed by atoms with Crippen LogP contribution in [0.5, 0.6) is 17.2 Å². The standard InChI is InChI=1S/C18H14F4O4/c1-24-16-10-11(3-9-15(16)26-18(21)22)2-8-14(23)12-4-6-13(7-5-12)25-17(19)20/h2-10,17-18H,1H3/b8-2+. The molecular weight excluding hydrogens is 356 g/mol. The van der Waals surface area contributed by atoms with Gasteiger partial charge in [0.05, 0.1) is 7.11 Å². The molecule has 0 atom stereocenters. The summed E-state index contributed by atoms with van der Waals surface area (Å²) < 4.78 is 62.2. The number of alkyl halides is 4. The highest BCUT2D eigenvalue weighted by Crippen LogP contribution is 2.30. The van der Waals surface area contributed by atoms with Crippen LogP contribution in [0.4, 0.5) is 17.6 Å². The largest absolute Gasteiger partial charge is 0.493 e. The van der Waals surface area contributed by atoms with Gasteiger partial charge in [-0.2, -0.15) is 17.6 Å². The lowest BCUT2D eigenvalue weighted by molar-refractivity contribution is -0.0514. The molecule has 4 nitrogen and oxygen atoms in total. The number of rotatable bonds is 8. The van der Waals surface area contributed by atoms with Gasteiger partial charge in [-0.25, -0.2) is 0 Å². The molecule has 0 saturated carbocycles. The van der Waals surface area contributed by atoms with Crippen molar-refractivity contribution < 1.29 is 36.6 Å². The van der Waals surface area contributed by atoms with Crippen molar-refractivity contribution in [3.05, 3.63) is 59.7 Å². The lowest BCUT2D eigenvalue weighted by Gasteiger charge is -2.10. The number of ketones is 1. The first-order chi connectivity index (χ1) is 12.4. The first kappa shape index (κ1) is 19.3. The Labute approximate surface area is 146 Å². The maximum absolute atomic E-state index is 12.3. The number of benzene rings is 2. The molecule has 2 aromatic rings. The van der Waals surface area contributed by atoms with Gasteiger partial charge in [0.2, 0.25) is 0 Å². The quantitative estimate of drug-likeness (QED) is 0.381. The summed E-state index contributed by atoms with van der Waals surface area (Å²) in [6.07, 6.45) is 2.71. The molecule has 8 heteroatoms. The van der Waals surface area contributed by atoms with E-state index in [-0.39, 0.29) is 28.6 Å². The van der Waals surface area contributed by atoms with Crippen LogP contribution in [0, 0.1) is 0 Å². The van der Waals surface area contributed by atoms with E-state index in [4.69, 9.17) is 4.74 Å². The fraction of sp³-hybridized carbons (Fsp3) is 0.167. The van der Waals surface area contributed by atoms with Crippen LogP contribution in [0.3, 0.4) is 0 Å². The SMILES string of the molecule is COc1cc(/C=C/C(=O)c2ccc(OC(F)F)cc2)ccc1OC(F)F. The highest BCUT2D eigenvalue weighted by molar-refractivity contribution is 6.06. The second-order valence-corrected chi connectivity index (χ2v) is 4.89. The van der Waals surface area contributed by atoms with Gasteiger partial charge in [0.15, 0.2) is 17.3 Å². The molecule has 2 aromatic carbocycles. The zero-order valence-corrected chi connectivity index (χ0v) is 13.5. The molecule has 0 spiro atoms. The molecule has 0 aliphatic heterocycles. The van der Waals surface area contributed by atoms with E-state index in [0.717, 1.165) is 0 Å². The molecule has 26 heavy (non-hydrogen) atoms. The lowest BCUT2D eigenvalue weighted by Crippen LogP contribution is -2.03. The zero-order valence-electron chi connectivity index (χ0n) is 13.5. The van der Waals surface area contributed by atoms with Crippen molar-refractivity contribution in [1.82, 2.24) is 0 Å². The summed E-state index contributed by atoms with van der Waals surface area (Å²) in [5.41, 5.74) is 0.793. The minimum absolute atomic E-state index is 0.0557. The highest BCUT2D eigenvalue weighted by atomic mass is 19.3. The van der Waals surface area contributed by atoms with Crippen LogP contribution in [0.1, 0.15) is 15.9 Å². The van der Waals surface area contributed by atoms with Gasteiger partial charge in [0.25, 0.3) is 0 Å². The number of hydrogen-bond donors (Lipinski definition) is 0. The number of carbonyl (C=O) groups excluding carboxylic acids is 1. The third-order valence-electron chi connectivity index (χ3n) is 3.19. The van der Waals surface area contributed by atoms with Gasteiger partial charge in [0, 0.05) is 5.56 Å². The Balaban J connectivity index is 2.09. The average molecular weight is 370 g/mol. The normalized spacial score (nSPS) is 11.2. The Hall–Kier alpha value is -3.03. The molecule has 0 amide bonds. The molecule has 0 N–H and O–H groups in total. The summed E-state index contributed by atoms with van der Waals surface area (Å²) in [7, 11) is 1.30. The van der Waals surface area contributed by atoms with Crippen molar-refractivity contribution in [3.63, 3.8) is 0 Å². The molecule has 0 aliphatic carbocycles. The Kier molecular flexibility index (Phi) is 6.60. The molecule has 0 saturated heterocycles. The zero-order chi connectivity index (χ0) is 19.1. The molecule has 0 aromatic heterocycles. The number of ether oxygens (including phenoxy) is 3. The van der Waals surface area contributed by atoms with Crippen molar-refractivity contribution in [2.24, 2.45) is 0 Å². The van der Waals surface area contributed by atoms with Crippen LogP contribution in [0.25, 0.3) is 6.08 Å². The predicted octanol–water partition coefficient (Wildman–Crippen LogP) is 4.79. The van der Waals surface area contributed by atoms with Crippen LogP contribution in [0.15, 0.2) is 48.5 Å². The Morgan fingerprint density at radius 1 is 0.923 bits per heavy atom. The highest BCUT2D eigenvalue weighted by Gasteiger charge is 2.11. The minimum atomic E-state index is -2.98. The van der Waals surface area contributed by atoms with Gasteiger partial charge < -0.3 is 14.2 Å². The van der Waals surface area contributed by atoms with Crippen molar-refractivity contribution in [2.75, 3.05) is 7.11 Å². The van der Waals surface area contributed by atoms with E-state index in [1.54, 1.807) is 0 Å². The monoisotopic (exact) mass is 370 g/mol. The van der Waals surface area contributed by atoms with E-state index < -0.39 is 13.2 Å². The fourth-order valence-corrected chi connectivity index (χ4v) is 2.05. The summed E-state index contributed by atoms with van der Waals surface area (Å²) in [5, 5.41) is 0. The van der Waals surface area contributed by atoms with E-state index >= 15 is 0 Å². The Bertz CT molecular complexity index is 773. The van der Waals surface area contributed by atoms with Gasteiger partial charge in [-0.15, -0.1) is 0 Å². The van der Waals surface area contributed by atoms with Crippen molar-refractivity contribution >= 4 is 11.9 Å². The molecule has 0 unspecified atom stereocenters. The molecule has 0 radical (unpaired) electrons.